The lowest BCUT2D eigenvalue weighted by molar-refractivity contribution is 0.0370. The lowest BCUT2D eigenvalue weighted by Crippen LogP contribution is -2.39. The van der Waals surface area contributed by atoms with Gasteiger partial charge in [-0.2, -0.15) is 0 Å². The first kappa shape index (κ1) is 15.9. The Morgan fingerprint density at radius 2 is 2.10 bits per heavy atom. The van der Waals surface area contributed by atoms with Gasteiger partial charge in [0.1, 0.15) is 9.88 Å². The highest BCUT2D eigenvalue weighted by molar-refractivity contribution is 7.17. The molecule has 0 radical (unpaired) electrons. The van der Waals surface area contributed by atoms with Crippen molar-refractivity contribution in [1.29, 1.82) is 0 Å². The molecule has 112 valence electrons. The van der Waals surface area contributed by atoms with Gasteiger partial charge < -0.3 is 10.0 Å². The fourth-order valence-electron chi connectivity index (χ4n) is 1.97. The first-order valence-corrected chi connectivity index (χ1v) is 7.66. The molecule has 0 bridgehead atoms. The Hall–Kier alpha value is -1.43. The fourth-order valence-corrected chi connectivity index (χ4v) is 3.20. The molecule has 0 saturated carbocycles. The van der Waals surface area contributed by atoms with Gasteiger partial charge in [0.05, 0.1) is 16.8 Å². The third-order valence-corrected chi connectivity index (χ3v) is 4.14. The zero-order valence-electron chi connectivity index (χ0n) is 12.1. The molecule has 1 heterocycles. The van der Waals surface area contributed by atoms with Crippen molar-refractivity contribution in [3.05, 3.63) is 40.4 Å². The van der Waals surface area contributed by atoms with Crippen molar-refractivity contribution in [1.82, 2.24) is 9.88 Å². The molecule has 2 rings (SSSR count). The summed E-state index contributed by atoms with van der Waals surface area (Å²) in [4.78, 5) is 18.6. The van der Waals surface area contributed by atoms with Crippen LogP contribution in [0.4, 0.5) is 0 Å². The molecule has 1 N–H and O–H groups in total. The molecule has 0 saturated heterocycles. The zero-order chi connectivity index (χ0) is 15.6. The third-order valence-electron chi connectivity index (χ3n) is 2.79. The predicted molar refractivity (Wildman–Crippen MR) is 85.8 cm³/mol. The molecule has 1 aromatic heterocycles. The molecule has 0 aliphatic rings. The number of thiazole rings is 1. The van der Waals surface area contributed by atoms with Crippen LogP contribution >= 0.6 is 22.9 Å². The predicted octanol–water partition coefficient (Wildman–Crippen LogP) is 3.31. The van der Waals surface area contributed by atoms with E-state index in [0.717, 1.165) is 5.56 Å². The Morgan fingerprint density at radius 3 is 2.71 bits per heavy atom. The highest BCUT2D eigenvalue weighted by Crippen LogP contribution is 2.31. The summed E-state index contributed by atoms with van der Waals surface area (Å²) >= 11 is 7.43. The van der Waals surface area contributed by atoms with Gasteiger partial charge in [-0.15, -0.1) is 11.3 Å². The van der Waals surface area contributed by atoms with Crippen LogP contribution in [-0.4, -0.2) is 40.1 Å². The normalized spacial score (nSPS) is 11.5. The van der Waals surface area contributed by atoms with Crippen molar-refractivity contribution < 1.29 is 9.90 Å². The van der Waals surface area contributed by atoms with Crippen molar-refractivity contribution in [2.75, 3.05) is 13.6 Å². The number of amides is 1. The summed E-state index contributed by atoms with van der Waals surface area (Å²) in [6.07, 6.45) is 1.55. The molecule has 0 fully saturated rings. The van der Waals surface area contributed by atoms with Crippen molar-refractivity contribution >= 4 is 28.8 Å². The Balaban J connectivity index is 2.20. The summed E-state index contributed by atoms with van der Waals surface area (Å²) in [7, 11) is 1.66. The fraction of sp³-hybridized carbons (Fsp3) is 0.333. The Labute approximate surface area is 133 Å². The summed E-state index contributed by atoms with van der Waals surface area (Å²) in [5.74, 6) is -0.159. The van der Waals surface area contributed by atoms with Crippen LogP contribution in [0.25, 0.3) is 10.6 Å². The van der Waals surface area contributed by atoms with E-state index < -0.39 is 5.60 Å². The van der Waals surface area contributed by atoms with Gasteiger partial charge in [0.15, 0.2) is 0 Å². The second-order valence-corrected chi connectivity index (χ2v) is 6.92. The molecule has 0 unspecified atom stereocenters. The van der Waals surface area contributed by atoms with Gasteiger partial charge in [-0.05, 0) is 19.9 Å². The van der Waals surface area contributed by atoms with Gasteiger partial charge in [0.2, 0.25) is 0 Å². The molecule has 0 aliphatic carbocycles. The van der Waals surface area contributed by atoms with E-state index in [1.54, 1.807) is 33.2 Å². The molecule has 0 atom stereocenters. The monoisotopic (exact) mass is 324 g/mol. The molecule has 0 spiro atoms. The molecular formula is C15H17ClN2O2S. The highest BCUT2D eigenvalue weighted by Gasteiger charge is 2.22. The molecule has 2 aromatic rings. The molecule has 6 heteroatoms. The van der Waals surface area contributed by atoms with Crippen molar-refractivity contribution in [3.8, 4) is 10.6 Å². The average Bonchev–Trinajstić information content (AvgIpc) is 2.85. The topological polar surface area (TPSA) is 53.4 Å². The standard InChI is InChI=1S/C15H17ClN2O2S/c1-15(2,20)9-18(3)14(19)12-8-17-13(21-12)10-6-4-5-7-11(10)16/h4-8,20H,9H2,1-3H3. The van der Waals surface area contributed by atoms with Crippen molar-refractivity contribution in [2.45, 2.75) is 19.4 Å². The lowest BCUT2D eigenvalue weighted by atomic mass is 10.1. The van der Waals surface area contributed by atoms with E-state index in [1.807, 2.05) is 18.2 Å². The quantitative estimate of drug-likeness (QED) is 0.938. The maximum Gasteiger partial charge on any atom is 0.265 e. The SMILES string of the molecule is CN(CC(C)(C)O)C(=O)c1cnc(-c2ccccc2Cl)s1. The summed E-state index contributed by atoms with van der Waals surface area (Å²) in [6, 6.07) is 7.39. The van der Waals surface area contributed by atoms with Gasteiger partial charge >= 0.3 is 0 Å². The first-order valence-electron chi connectivity index (χ1n) is 6.46. The minimum atomic E-state index is -0.930. The average molecular weight is 325 g/mol. The van der Waals surface area contributed by atoms with Crippen LogP contribution in [0.2, 0.25) is 5.02 Å². The smallest absolute Gasteiger partial charge is 0.265 e. The number of hydrogen-bond donors (Lipinski definition) is 1. The van der Waals surface area contributed by atoms with Gasteiger partial charge in [0.25, 0.3) is 5.91 Å². The number of halogens is 1. The number of carbonyl (C=O) groups is 1. The summed E-state index contributed by atoms with van der Waals surface area (Å²) in [5.41, 5.74) is -0.117. The minimum Gasteiger partial charge on any atom is -0.389 e. The van der Waals surface area contributed by atoms with Crippen LogP contribution in [0.5, 0.6) is 0 Å². The molecule has 0 aliphatic heterocycles. The van der Waals surface area contributed by atoms with E-state index in [9.17, 15) is 9.90 Å². The zero-order valence-corrected chi connectivity index (χ0v) is 13.7. The maximum atomic E-state index is 12.3. The molecule has 1 amide bonds. The second-order valence-electron chi connectivity index (χ2n) is 5.48. The summed E-state index contributed by atoms with van der Waals surface area (Å²) < 4.78 is 0. The Bertz CT molecular complexity index is 649. The summed E-state index contributed by atoms with van der Waals surface area (Å²) in [5, 5.41) is 11.1. The van der Waals surface area contributed by atoms with Gasteiger partial charge in [-0.1, -0.05) is 29.8 Å². The van der Waals surface area contributed by atoms with E-state index in [4.69, 9.17) is 11.6 Å². The van der Waals surface area contributed by atoms with Crippen LogP contribution in [0.15, 0.2) is 30.5 Å². The summed E-state index contributed by atoms with van der Waals surface area (Å²) in [6.45, 7) is 3.59. The highest BCUT2D eigenvalue weighted by atomic mass is 35.5. The Kier molecular flexibility index (Phi) is 4.66. The molecule has 21 heavy (non-hydrogen) atoms. The van der Waals surface area contributed by atoms with Crippen LogP contribution < -0.4 is 0 Å². The van der Waals surface area contributed by atoms with E-state index in [-0.39, 0.29) is 12.5 Å². The minimum absolute atomic E-state index is 0.159. The molecule has 1 aromatic carbocycles. The van der Waals surface area contributed by atoms with Gasteiger partial charge in [-0.3, -0.25) is 4.79 Å². The van der Waals surface area contributed by atoms with E-state index in [0.29, 0.717) is 14.9 Å². The number of likely N-dealkylation sites (N-methyl/N-ethyl adjacent to an activating group) is 1. The van der Waals surface area contributed by atoms with Crippen molar-refractivity contribution in [2.24, 2.45) is 0 Å². The Morgan fingerprint density at radius 1 is 1.43 bits per heavy atom. The number of carbonyl (C=O) groups excluding carboxylic acids is 1. The first-order chi connectivity index (χ1) is 9.78. The van der Waals surface area contributed by atoms with Crippen LogP contribution in [-0.2, 0) is 0 Å². The van der Waals surface area contributed by atoms with Gasteiger partial charge in [-0.25, -0.2) is 4.98 Å². The van der Waals surface area contributed by atoms with E-state index in [2.05, 4.69) is 4.98 Å². The van der Waals surface area contributed by atoms with E-state index >= 15 is 0 Å². The largest absolute Gasteiger partial charge is 0.389 e. The number of nitrogens with zero attached hydrogens (tertiary/aromatic N) is 2. The number of hydrogen-bond acceptors (Lipinski definition) is 4. The van der Waals surface area contributed by atoms with E-state index in [1.165, 1.54) is 16.2 Å². The maximum absolute atomic E-state index is 12.3. The number of aromatic nitrogens is 1. The number of benzene rings is 1. The number of aliphatic hydroxyl groups is 1. The third kappa shape index (κ3) is 4.03. The van der Waals surface area contributed by atoms with Gasteiger partial charge in [0, 0.05) is 19.2 Å². The van der Waals surface area contributed by atoms with Crippen LogP contribution in [0, 0.1) is 0 Å². The lowest BCUT2D eigenvalue weighted by Gasteiger charge is -2.24. The number of rotatable bonds is 4. The molecule has 4 nitrogen and oxygen atoms in total. The van der Waals surface area contributed by atoms with Crippen LogP contribution in [0.1, 0.15) is 23.5 Å². The van der Waals surface area contributed by atoms with Crippen LogP contribution in [0.3, 0.4) is 0 Å². The van der Waals surface area contributed by atoms with Crippen molar-refractivity contribution in [3.63, 3.8) is 0 Å². The molecular weight excluding hydrogens is 308 g/mol. The second kappa shape index (κ2) is 6.13.